The molecule has 0 amide bonds. The molecule has 3 N–H and O–H groups in total. The average molecular weight is 201 g/mol. The zero-order chi connectivity index (χ0) is 10.7. The Kier molecular flexibility index (Phi) is 2.85. The Balaban J connectivity index is 2.38. The number of rotatable bonds is 3. The summed E-state index contributed by atoms with van der Waals surface area (Å²) in [6.45, 7) is 0.637. The predicted octanol–water partition coefficient (Wildman–Crippen LogP) is 1.70. The van der Waals surface area contributed by atoms with Gasteiger partial charge in [-0.25, -0.2) is 5.43 Å². The fraction of sp³-hybridized carbons (Fsp3) is 0.167. The van der Waals surface area contributed by atoms with Gasteiger partial charge in [0, 0.05) is 12.7 Å². The van der Waals surface area contributed by atoms with Crippen molar-refractivity contribution in [3.05, 3.63) is 42.5 Å². The molecule has 0 unspecified atom stereocenters. The maximum absolute atomic E-state index is 5.29. The highest BCUT2D eigenvalue weighted by Crippen LogP contribution is 2.20. The number of benzene rings is 2. The summed E-state index contributed by atoms with van der Waals surface area (Å²) in [6.07, 6.45) is 0. The van der Waals surface area contributed by atoms with Crippen molar-refractivity contribution < 1.29 is 0 Å². The third-order valence-electron chi connectivity index (χ3n) is 2.50. The molecular formula is C12H15N3. The van der Waals surface area contributed by atoms with E-state index < -0.39 is 0 Å². The van der Waals surface area contributed by atoms with Crippen LogP contribution in [-0.4, -0.2) is 13.7 Å². The second-order valence-corrected chi connectivity index (χ2v) is 3.59. The summed E-state index contributed by atoms with van der Waals surface area (Å²) in [5.41, 5.74) is 3.80. The van der Waals surface area contributed by atoms with E-state index in [1.54, 1.807) is 0 Å². The van der Waals surface area contributed by atoms with Crippen molar-refractivity contribution in [2.45, 2.75) is 0 Å². The molecule has 0 aliphatic carbocycles. The van der Waals surface area contributed by atoms with Crippen molar-refractivity contribution >= 4 is 16.5 Å². The molecule has 0 aromatic heterocycles. The lowest BCUT2D eigenvalue weighted by Gasteiger charge is -2.18. The first-order valence-corrected chi connectivity index (χ1v) is 4.94. The zero-order valence-electron chi connectivity index (χ0n) is 8.77. The number of hydrogen-bond acceptors (Lipinski definition) is 3. The molecule has 3 nitrogen and oxygen atoms in total. The molecule has 0 radical (unpaired) electrons. The maximum Gasteiger partial charge on any atom is 0.0805 e. The molecule has 2 rings (SSSR count). The van der Waals surface area contributed by atoms with Gasteiger partial charge < -0.3 is 4.90 Å². The monoisotopic (exact) mass is 201 g/mol. The van der Waals surface area contributed by atoms with Gasteiger partial charge in [-0.1, -0.05) is 30.3 Å². The van der Waals surface area contributed by atoms with Gasteiger partial charge in [-0.3, -0.25) is 5.84 Å². The van der Waals surface area contributed by atoms with Gasteiger partial charge in [0.05, 0.1) is 6.67 Å². The van der Waals surface area contributed by atoms with E-state index in [-0.39, 0.29) is 0 Å². The second kappa shape index (κ2) is 4.29. The van der Waals surface area contributed by atoms with Crippen LogP contribution in [-0.2, 0) is 0 Å². The Morgan fingerprint density at radius 1 is 1.13 bits per heavy atom. The molecule has 15 heavy (non-hydrogen) atoms. The van der Waals surface area contributed by atoms with Crippen LogP contribution in [0.15, 0.2) is 42.5 Å². The number of nitrogens with two attached hydrogens (primary N) is 1. The number of hydrazine groups is 1. The minimum Gasteiger partial charge on any atom is -0.361 e. The van der Waals surface area contributed by atoms with Crippen molar-refractivity contribution in [1.82, 2.24) is 5.43 Å². The van der Waals surface area contributed by atoms with Gasteiger partial charge in [0.15, 0.2) is 0 Å². The lowest BCUT2D eigenvalue weighted by molar-refractivity contribution is 0.718. The quantitative estimate of drug-likeness (QED) is 0.451. The average Bonchev–Trinajstić information content (AvgIpc) is 2.29. The third-order valence-corrected chi connectivity index (χ3v) is 2.50. The molecule has 0 saturated carbocycles. The first-order valence-electron chi connectivity index (χ1n) is 4.94. The van der Waals surface area contributed by atoms with Crippen molar-refractivity contribution in [2.75, 3.05) is 18.6 Å². The fourth-order valence-corrected chi connectivity index (χ4v) is 1.64. The first-order chi connectivity index (χ1) is 7.31. The molecule has 0 atom stereocenters. The Morgan fingerprint density at radius 2 is 1.87 bits per heavy atom. The predicted molar refractivity (Wildman–Crippen MR) is 64.5 cm³/mol. The van der Waals surface area contributed by atoms with Crippen molar-refractivity contribution in [3.63, 3.8) is 0 Å². The molecule has 0 aliphatic heterocycles. The van der Waals surface area contributed by atoms with E-state index in [0.717, 1.165) is 5.69 Å². The van der Waals surface area contributed by atoms with Crippen LogP contribution < -0.4 is 16.2 Å². The Labute approximate surface area is 89.5 Å². The molecule has 0 aliphatic rings. The van der Waals surface area contributed by atoms with Crippen LogP contribution in [0.4, 0.5) is 5.69 Å². The molecule has 0 saturated heterocycles. The standard InChI is InChI=1S/C12H15N3/c1-15(9-14-13)12-7-6-10-4-2-3-5-11(10)8-12/h2-8,14H,9,13H2,1H3. The summed E-state index contributed by atoms with van der Waals surface area (Å²) < 4.78 is 0. The minimum absolute atomic E-state index is 0.637. The molecule has 0 heterocycles. The van der Waals surface area contributed by atoms with E-state index >= 15 is 0 Å². The summed E-state index contributed by atoms with van der Waals surface area (Å²) in [4.78, 5) is 2.06. The summed E-state index contributed by atoms with van der Waals surface area (Å²) in [5, 5.41) is 2.51. The highest BCUT2D eigenvalue weighted by atomic mass is 15.3. The fourth-order valence-electron chi connectivity index (χ4n) is 1.64. The molecule has 3 heteroatoms. The highest BCUT2D eigenvalue weighted by molar-refractivity contribution is 5.85. The minimum atomic E-state index is 0.637. The van der Waals surface area contributed by atoms with E-state index in [9.17, 15) is 0 Å². The lowest BCUT2D eigenvalue weighted by atomic mass is 10.1. The van der Waals surface area contributed by atoms with E-state index in [1.807, 2.05) is 19.2 Å². The number of hydrogen-bond donors (Lipinski definition) is 2. The van der Waals surface area contributed by atoms with Crippen molar-refractivity contribution in [3.8, 4) is 0 Å². The number of anilines is 1. The van der Waals surface area contributed by atoms with Crippen LogP contribution in [0.25, 0.3) is 10.8 Å². The normalized spacial score (nSPS) is 10.5. The van der Waals surface area contributed by atoms with Gasteiger partial charge in [-0.05, 0) is 22.9 Å². The number of nitrogens with zero attached hydrogens (tertiary/aromatic N) is 1. The van der Waals surface area contributed by atoms with Gasteiger partial charge in [-0.2, -0.15) is 0 Å². The summed E-state index contributed by atoms with van der Waals surface area (Å²) in [6, 6.07) is 14.7. The maximum atomic E-state index is 5.29. The topological polar surface area (TPSA) is 41.3 Å². The van der Waals surface area contributed by atoms with Gasteiger partial charge >= 0.3 is 0 Å². The smallest absolute Gasteiger partial charge is 0.0805 e. The van der Waals surface area contributed by atoms with Gasteiger partial charge in [0.2, 0.25) is 0 Å². The Morgan fingerprint density at radius 3 is 2.60 bits per heavy atom. The molecule has 0 bridgehead atoms. The largest absolute Gasteiger partial charge is 0.361 e. The third kappa shape index (κ3) is 2.09. The second-order valence-electron chi connectivity index (χ2n) is 3.59. The van der Waals surface area contributed by atoms with Gasteiger partial charge in [-0.15, -0.1) is 0 Å². The summed E-state index contributed by atoms with van der Waals surface area (Å²) in [5.74, 6) is 5.29. The van der Waals surface area contributed by atoms with Crippen LogP contribution in [0.2, 0.25) is 0 Å². The van der Waals surface area contributed by atoms with E-state index in [2.05, 4.69) is 40.7 Å². The Hall–Kier alpha value is -1.58. The van der Waals surface area contributed by atoms with Crippen LogP contribution in [0.1, 0.15) is 0 Å². The van der Waals surface area contributed by atoms with Crippen LogP contribution in [0, 0.1) is 0 Å². The van der Waals surface area contributed by atoms with E-state index in [0.29, 0.717) is 6.67 Å². The first kappa shape index (κ1) is 9.96. The van der Waals surface area contributed by atoms with Crippen molar-refractivity contribution in [2.24, 2.45) is 5.84 Å². The van der Waals surface area contributed by atoms with Crippen LogP contribution in [0.5, 0.6) is 0 Å². The van der Waals surface area contributed by atoms with Crippen LogP contribution in [0.3, 0.4) is 0 Å². The zero-order valence-corrected chi connectivity index (χ0v) is 8.77. The van der Waals surface area contributed by atoms with Crippen molar-refractivity contribution in [1.29, 1.82) is 0 Å². The Bertz CT molecular complexity index is 453. The number of fused-ring (bicyclic) bond motifs is 1. The SMILES string of the molecule is CN(CNN)c1ccc2ccccc2c1. The van der Waals surface area contributed by atoms with Gasteiger partial charge in [0.25, 0.3) is 0 Å². The van der Waals surface area contributed by atoms with E-state index in [4.69, 9.17) is 5.84 Å². The molecule has 78 valence electrons. The molecule has 2 aromatic rings. The molecular weight excluding hydrogens is 186 g/mol. The summed E-state index contributed by atoms with van der Waals surface area (Å²) in [7, 11) is 2.00. The van der Waals surface area contributed by atoms with Gasteiger partial charge in [0.1, 0.15) is 0 Å². The van der Waals surface area contributed by atoms with E-state index in [1.165, 1.54) is 10.8 Å². The molecule has 2 aromatic carbocycles. The molecule has 0 fully saturated rings. The highest BCUT2D eigenvalue weighted by Gasteiger charge is 2.00. The summed E-state index contributed by atoms with van der Waals surface area (Å²) >= 11 is 0. The lowest BCUT2D eigenvalue weighted by Crippen LogP contribution is -2.35. The molecule has 0 spiro atoms. The van der Waals surface area contributed by atoms with Crippen LogP contribution >= 0.6 is 0 Å². The number of nitrogens with one attached hydrogen (secondary N) is 1.